The van der Waals surface area contributed by atoms with Gasteiger partial charge in [-0.3, -0.25) is 0 Å². The van der Waals surface area contributed by atoms with E-state index >= 15 is 0 Å². The molecule has 0 aliphatic carbocycles. The third kappa shape index (κ3) is 3.30. The maximum absolute atomic E-state index is 13.2. The number of hydrogen-bond donors (Lipinski definition) is 0. The van der Waals surface area contributed by atoms with Crippen LogP contribution >= 0.6 is 0 Å². The van der Waals surface area contributed by atoms with Crippen molar-refractivity contribution in [2.75, 3.05) is 7.11 Å². The van der Waals surface area contributed by atoms with Gasteiger partial charge in [0.25, 0.3) is 0 Å². The molecule has 0 saturated carbocycles. The van der Waals surface area contributed by atoms with E-state index in [0.717, 1.165) is 13.2 Å². The Morgan fingerprint density at radius 1 is 1.53 bits per heavy atom. The van der Waals surface area contributed by atoms with Crippen LogP contribution in [0, 0.1) is 0 Å². The van der Waals surface area contributed by atoms with E-state index in [1.165, 1.54) is 6.92 Å². The number of methoxy groups -OCH3 is 1. The molecule has 1 atom stereocenters. The minimum Gasteiger partial charge on any atom is -0.464 e. The van der Waals surface area contributed by atoms with Gasteiger partial charge in [-0.2, -0.15) is 8.78 Å². The predicted molar refractivity (Wildman–Crippen MR) is 47.3 cm³/mol. The third-order valence-electron chi connectivity index (χ3n) is 1.66. The monoisotopic (exact) mass is 222 g/mol. The fraction of sp³-hybridized carbons (Fsp3) is 0.556. The molecule has 86 valence electrons. The molecule has 0 bridgehead atoms. The Morgan fingerprint density at radius 3 is 2.40 bits per heavy atom. The van der Waals surface area contributed by atoms with Crippen molar-refractivity contribution in [1.82, 2.24) is 0 Å². The Kier molecular flexibility index (Phi) is 4.90. The van der Waals surface area contributed by atoms with Crippen molar-refractivity contribution >= 4 is 11.9 Å². The number of ether oxygens (including phenoxy) is 2. The first-order valence-corrected chi connectivity index (χ1v) is 4.19. The molecule has 15 heavy (non-hydrogen) atoms. The van der Waals surface area contributed by atoms with Crippen molar-refractivity contribution in [2.24, 2.45) is 0 Å². The summed E-state index contributed by atoms with van der Waals surface area (Å²) in [6, 6.07) is 0. The second-order valence-corrected chi connectivity index (χ2v) is 2.65. The van der Waals surface area contributed by atoms with Crippen molar-refractivity contribution in [3.63, 3.8) is 0 Å². The molecular weight excluding hydrogens is 210 g/mol. The molecule has 0 aromatic rings. The minimum atomic E-state index is -3.85. The van der Waals surface area contributed by atoms with Crippen LogP contribution < -0.4 is 0 Å². The molecular formula is C9H12F2O4. The van der Waals surface area contributed by atoms with Crippen LogP contribution in [0.5, 0.6) is 0 Å². The second-order valence-electron chi connectivity index (χ2n) is 2.65. The Bertz CT molecular complexity index is 263. The average molecular weight is 222 g/mol. The minimum absolute atomic E-state index is 0.207. The summed E-state index contributed by atoms with van der Waals surface area (Å²) in [7, 11) is 0.832. The lowest BCUT2D eigenvalue weighted by Gasteiger charge is -2.22. The van der Waals surface area contributed by atoms with Crippen molar-refractivity contribution in [3.8, 4) is 0 Å². The molecule has 0 N–H and O–H groups in total. The van der Waals surface area contributed by atoms with Crippen molar-refractivity contribution in [2.45, 2.75) is 25.4 Å². The first-order valence-electron chi connectivity index (χ1n) is 4.19. The zero-order chi connectivity index (χ0) is 12.1. The molecule has 0 radical (unpaired) electrons. The molecule has 6 heteroatoms. The second kappa shape index (κ2) is 5.43. The van der Waals surface area contributed by atoms with E-state index in [1.54, 1.807) is 0 Å². The van der Waals surface area contributed by atoms with E-state index in [0.29, 0.717) is 0 Å². The quantitative estimate of drug-likeness (QED) is 0.519. The van der Waals surface area contributed by atoms with Crippen LogP contribution in [-0.4, -0.2) is 31.1 Å². The first-order chi connectivity index (χ1) is 6.89. The van der Waals surface area contributed by atoms with E-state index < -0.39 is 24.0 Å². The lowest BCUT2D eigenvalue weighted by Crippen LogP contribution is -2.44. The zero-order valence-electron chi connectivity index (χ0n) is 8.46. The van der Waals surface area contributed by atoms with Gasteiger partial charge in [-0.05, 0) is 6.42 Å². The maximum atomic E-state index is 13.2. The van der Waals surface area contributed by atoms with Crippen LogP contribution in [-0.2, 0) is 19.1 Å². The molecule has 0 rings (SSSR count). The normalized spacial score (nSPS) is 12.8. The van der Waals surface area contributed by atoms with Crippen molar-refractivity contribution in [1.29, 1.82) is 0 Å². The number of esters is 2. The summed E-state index contributed by atoms with van der Waals surface area (Å²) in [5.74, 6) is -6.58. The van der Waals surface area contributed by atoms with Gasteiger partial charge >= 0.3 is 17.9 Å². The molecule has 0 aromatic heterocycles. The van der Waals surface area contributed by atoms with Gasteiger partial charge in [0, 0.05) is 6.08 Å². The fourth-order valence-electron chi connectivity index (χ4n) is 0.870. The van der Waals surface area contributed by atoms with Crippen LogP contribution in [0.1, 0.15) is 13.3 Å². The molecule has 0 saturated heterocycles. The van der Waals surface area contributed by atoms with Gasteiger partial charge in [0.1, 0.15) is 0 Å². The lowest BCUT2D eigenvalue weighted by atomic mass is 10.1. The molecule has 0 aromatic carbocycles. The van der Waals surface area contributed by atoms with Gasteiger partial charge < -0.3 is 9.47 Å². The van der Waals surface area contributed by atoms with E-state index in [2.05, 4.69) is 16.1 Å². The number of carbonyl (C=O) groups excluding carboxylic acids is 2. The van der Waals surface area contributed by atoms with Crippen LogP contribution in [0.15, 0.2) is 12.7 Å². The fourth-order valence-corrected chi connectivity index (χ4v) is 0.870. The van der Waals surface area contributed by atoms with Crippen LogP contribution in [0.25, 0.3) is 0 Å². The van der Waals surface area contributed by atoms with E-state index in [1.807, 2.05) is 0 Å². The summed E-state index contributed by atoms with van der Waals surface area (Å²) in [5, 5.41) is 0. The SMILES string of the molecule is C=CC(=O)OC(CC)C(F)(F)C(=O)OC. The van der Waals surface area contributed by atoms with Gasteiger partial charge in [0.15, 0.2) is 6.10 Å². The van der Waals surface area contributed by atoms with Gasteiger partial charge in [-0.25, -0.2) is 9.59 Å². The molecule has 0 aliphatic rings. The largest absolute Gasteiger partial charge is 0.464 e. The number of carbonyl (C=O) groups is 2. The van der Waals surface area contributed by atoms with E-state index in [9.17, 15) is 18.4 Å². The summed E-state index contributed by atoms with van der Waals surface area (Å²) < 4.78 is 34.6. The molecule has 0 aliphatic heterocycles. The highest BCUT2D eigenvalue weighted by Crippen LogP contribution is 2.25. The first kappa shape index (κ1) is 13.5. The molecule has 1 unspecified atom stereocenters. The smallest absolute Gasteiger partial charge is 0.380 e. The molecule has 0 amide bonds. The Labute approximate surface area is 85.9 Å². The number of rotatable bonds is 5. The maximum Gasteiger partial charge on any atom is 0.380 e. The summed E-state index contributed by atoms with van der Waals surface area (Å²) in [5.41, 5.74) is 0. The highest BCUT2D eigenvalue weighted by Gasteiger charge is 2.50. The van der Waals surface area contributed by atoms with Gasteiger partial charge in [0.05, 0.1) is 7.11 Å². The highest BCUT2D eigenvalue weighted by atomic mass is 19.3. The molecule has 4 nitrogen and oxygen atoms in total. The highest BCUT2D eigenvalue weighted by molar-refractivity contribution is 5.83. The van der Waals surface area contributed by atoms with Crippen LogP contribution in [0.2, 0.25) is 0 Å². The summed E-state index contributed by atoms with van der Waals surface area (Å²) in [6.07, 6.45) is -1.30. The summed E-state index contributed by atoms with van der Waals surface area (Å²) >= 11 is 0. The standard InChI is InChI=1S/C9H12F2O4/c1-4-6(15-7(12)5-2)9(10,11)8(13)14-3/h5-6H,2,4H2,1,3H3. The van der Waals surface area contributed by atoms with Gasteiger partial charge in [-0.1, -0.05) is 13.5 Å². The van der Waals surface area contributed by atoms with Crippen LogP contribution in [0.3, 0.4) is 0 Å². The van der Waals surface area contributed by atoms with Gasteiger partial charge in [0.2, 0.25) is 0 Å². The molecule has 0 spiro atoms. The van der Waals surface area contributed by atoms with Crippen molar-refractivity contribution < 1.29 is 27.8 Å². The number of alkyl halides is 2. The van der Waals surface area contributed by atoms with Crippen LogP contribution in [0.4, 0.5) is 8.78 Å². The summed E-state index contributed by atoms with van der Waals surface area (Å²) in [6.45, 7) is 4.42. The average Bonchev–Trinajstić information content (AvgIpc) is 2.23. The number of halogens is 2. The number of hydrogen-bond acceptors (Lipinski definition) is 4. The Hall–Kier alpha value is -1.46. The topological polar surface area (TPSA) is 52.6 Å². The third-order valence-corrected chi connectivity index (χ3v) is 1.66. The van der Waals surface area contributed by atoms with E-state index in [4.69, 9.17) is 0 Å². The Balaban J connectivity index is 4.71. The van der Waals surface area contributed by atoms with Crippen molar-refractivity contribution in [3.05, 3.63) is 12.7 Å². The Morgan fingerprint density at radius 2 is 2.07 bits per heavy atom. The predicted octanol–water partition coefficient (Wildman–Crippen LogP) is 1.30. The van der Waals surface area contributed by atoms with E-state index in [-0.39, 0.29) is 6.42 Å². The molecule has 0 heterocycles. The summed E-state index contributed by atoms with van der Waals surface area (Å²) in [4.78, 5) is 21.4. The zero-order valence-corrected chi connectivity index (χ0v) is 8.46. The molecule has 0 fully saturated rings. The van der Waals surface area contributed by atoms with Gasteiger partial charge in [-0.15, -0.1) is 0 Å². The lowest BCUT2D eigenvalue weighted by molar-refractivity contribution is -0.194.